The highest BCUT2D eigenvalue weighted by atomic mass is 32.2. The van der Waals surface area contributed by atoms with Gasteiger partial charge in [0.2, 0.25) is 5.91 Å². The van der Waals surface area contributed by atoms with E-state index in [4.69, 9.17) is 5.73 Å². The predicted octanol–water partition coefficient (Wildman–Crippen LogP) is 3.13. The first-order valence-electron chi connectivity index (χ1n) is 6.80. The Hall–Kier alpha value is -2.38. The molecule has 0 aliphatic heterocycles. The Morgan fingerprint density at radius 2 is 1.87 bits per heavy atom. The molecule has 0 unspecified atom stereocenters. The summed E-state index contributed by atoms with van der Waals surface area (Å²) in [6.07, 6.45) is 0. The molecular formula is C16H13N3O2S2. The van der Waals surface area contributed by atoms with Crippen LogP contribution >= 0.6 is 23.1 Å². The lowest BCUT2D eigenvalue weighted by molar-refractivity contribution is -0.113. The number of thioether (sulfide) groups is 1. The zero-order valence-electron chi connectivity index (χ0n) is 12.0. The molecule has 2 amide bonds. The van der Waals surface area contributed by atoms with Crippen molar-refractivity contribution in [2.45, 2.75) is 4.34 Å². The number of anilines is 1. The molecule has 0 saturated carbocycles. The fourth-order valence-corrected chi connectivity index (χ4v) is 3.90. The van der Waals surface area contributed by atoms with Crippen LogP contribution in [0.25, 0.3) is 10.2 Å². The van der Waals surface area contributed by atoms with E-state index in [9.17, 15) is 9.59 Å². The van der Waals surface area contributed by atoms with E-state index >= 15 is 0 Å². The van der Waals surface area contributed by atoms with E-state index in [2.05, 4.69) is 10.3 Å². The number of hydrogen-bond donors (Lipinski definition) is 2. The van der Waals surface area contributed by atoms with Gasteiger partial charge in [-0.25, -0.2) is 4.98 Å². The highest BCUT2D eigenvalue weighted by Crippen LogP contribution is 2.29. The Morgan fingerprint density at radius 3 is 2.65 bits per heavy atom. The zero-order chi connectivity index (χ0) is 16.2. The highest BCUT2D eigenvalue weighted by Gasteiger charge is 2.11. The van der Waals surface area contributed by atoms with Crippen molar-refractivity contribution in [3.05, 3.63) is 54.1 Å². The largest absolute Gasteiger partial charge is 0.366 e. The van der Waals surface area contributed by atoms with Crippen molar-refractivity contribution in [3.8, 4) is 0 Å². The molecule has 7 heteroatoms. The van der Waals surface area contributed by atoms with Crippen LogP contribution in [0.4, 0.5) is 5.69 Å². The molecule has 3 N–H and O–H groups in total. The van der Waals surface area contributed by atoms with Crippen LogP contribution in [0, 0.1) is 0 Å². The number of carbonyl (C=O) groups is 2. The van der Waals surface area contributed by atoms with E-state index < -0.39 is 5.91 Å². The molecule has 116 valence electrons. The summed E-state index contributed by atoms with van der Waals surface area (Å²) < 4.78 is 1.93. The SMILES string of the molecule is NC(=O)c1ccccc1NC(=O)CSc1nc2ccccc2s1. The van der Waals surface area contributed by atoms with Crippen molar-refractivity contribution in [2.24, 2.45) is 5.73 Å². The molecule has 0 fully saturated rings. The molecule has 23 heavy (non-hydrogen) atoms. The number of nitrogens with zero attached hydrogens (tertiary/aromatic N) is 1. The maximum absolute atomic E-state index is 12.1. The molecule has 0 bridgehead atoms. The van der Waals surface area contributed by atoms with Gasteiger partial charge in [0.1, 0.15) is 0 Å². The lowest BCUT2D eigenvalue weighted by Crippen LogP contribution is -2.19. The Bertz CT molecular complexity index is 843. The molecular weight excluding hydrogens is 330 g/mol. The molecule has 0 radical (unpaired) electrons. The Morgan fingerprint density at radius 1 is 1.13 bits per heavy atom. The number of nitrogens with two attached hydrogens (primary N) is 1. The van der Waals surface area contributed by atoms with Crippen LogP contribution < -0.4 is 11.1 Å². The van der Waals surface area contributed by atoms with Crippen molar-refractivity contribution in [1.29, 1.82) is 0 Å². The number of primary amides is 1. The molecule has 0 aliphatic carbocycles. The van der Waals surface area contributed by atoms with Gasteiger partial charge in [0.05, 0.1) is 27.2 Å². The Kier molecular flexibility index (Phi) is 4.59. The molecule has 0 spiro atoms. The fraction of sp³-hybridized carbons (Fsp3) is 0.0625. The number of nitrogens with one attached hydrogen (secondary N) is 1. The minimum atomic E-state index is -0.570. The maximum Gasteiger partial charge on any atom is 0.250 e. The van der Waals surface area contributed by atoms with Gasteiger partial charge in [0, 0.05) is 0 Å². The van der Waals surface area contributed by atoms with E-state index in [0.717, 1.165) is 14.6 Å². The fourth-order valence-electron chi connectivity index (χ4n) is 2.03. The van der Waals surface area contributed by atoms with Gasteiger partial charge in [0.25, 0.3) is 5.91 Å². The minimum absolute atomic E-state index is 0.206. The normalized spacial score (nSPS) is 10.6. The van der Waals surface area contributed by atoms with Crippen molar-refractivity contribution < 1.29 is 9.59 Å². The summed E-state index contributed by atoms with van der Waals surface area (Å²) in [6.45, 7) is 0. The smallest absolute Gasteiger partial charge is 0.250 e. The number of amides is 2. The van der Waals surface area contributed by atoms with E-state index in [0.29, 0.717) is 11.3 Å². The van der Waals surface area contributed by atoms with Crippen molar-refractivity contribution in [3.63, 3.8) is 0 Å². The lowest BCUT2D eigenvalue weighted by Gasteiger charge is -2.07. The third kappa shape index (κ3) is 3.69. The third-order valence-corrected chi connectivity index (χ3v) is 5.25. The van der Waals surface area contributed by atoms with Crippen LogP contribution in [0.1, 0.15) is 10.4 Å². The first-order chi connectivity index (χ1) is 11.1. The number of fused-ring (bicyclic) bond motifs is 1. The summed E-state index contributed by atoms with van der Waals surface area (Å²) in [4.78, 5) is 27.9. The molecule has 0 atom stereocenters. The van der Waals surface area contributed by atoms with E-state index in [1.807, 2.05) is 24.3 Å². The predicted molar refractivity (Wildman–Crippen MR) is 93.9 cm³/mol. The number of rotatable bonds is 5. The van der Waals surface area contributed by atoms with E-state index in [-0.39, 0.29) is 11.7 Å². The molecule has 1 aromatic heterocycles. The molecule has 3 aromatic rings. The average Bonchev–Trinajstić information content (AvgIpc) is 2.96. The second kappa shape index (κ2) is 6.80. The van der Waals surface area contributed by atoms with Crippen LogP contribution in [0.3, 0.4) is 0 Å². The molecule has 2 aromatic carbocycles. The summed E-state index contributed by atoms with van der Waals surface area (Å²) in [5.41, 5.74) is 6.95. The second-order valence-corrected chi connectivity index (χ2v) is 6.95. The lowest BCUT2D eigenvalue weighted by atomic mass is 10.1. The van der Waals surface area contributed by atoms with Crippen LogP contribution in [-0.4, -0.2) is 22.6 Å². The monoisotopic (exact) mass is 343 g/mol. The highest BCUT2D eigenvalue weighted by molar-refractivity contribution is 8.01. The standard InChI is InChI=1S/C16H13N3O2S2/c17-15(21)10-5-1-2-6-11(10)18-14(20)9-22-16-19-12-7-3-4-8-13(12)23-16/h1-8H,9H2,(H2,17,21)(H,18,20). The Labute approximate surface area is 140 Å². The average molecular weight is 343 g/mol. The summed E-state index contributed by atoms with van der Waals surface area (Å²) in [6, 6.07) is 14.5. The molecule has 1 heterocycles. The first-order valence-corrected chi connectivity index (χ1v) is 8.61. The van der Waals surface area contributed by atoms with Gasteiger partial charge in [-0.15, -0.1) is 11.3 Å². The maximum atomic E-state index is 12.1. The van der Waals surface area contributed by atoms with Gasteiger partial charge in [0.15, 0.2) is 4.34 Å². The van der Waals surface area contributed by atoms with Gasteiger partial charge in [-0.2, -0.15) is 0 Å². The van der Waals surface area contributed by atoms with Crippen LogP contribution in [0.5, 0.6) is 0 Å². The number of thiazole rings is 1. The number of para-hydroxylation sites is 2. The van der Waals surface area contributed by atoms with E-state index in [1.54, 1.807) is 35.6 Å². The quantitative estimate of drug-likeness (QED) is 0.697. The van der Waals surface area contributed by atoms with Crippen molar-refractivity contribution >= 4 is 50.8 Å². The van der Waals surface area contributed by atoms with Crippen LogP contribution in [0.2, 0.25) is 0 Å². The molecule has 5 nitrogen and oxygen atoms in total. The Balaban J connectivity index is 1.65. The second-order valence-electron chi connectivity index (χ2n) is 4.69. The van der Waals surface area contributed by atoms with Gasteiger partial charge in [-0.05, 0) is 24.3 Å². The number of aromatic nitrogens is 1. The van der Waals surface area contributed by atoms with E-state index in [1.165, 1.54) is 11.8 Å². The van der Waals surface area contributed by atoms with Gasteiger partial charge in [-0.1, -0.05) is 36.0 Å². The van der Waals surface area contributed by atoms with Crippen molar-refractivity contribution in [2.75, 3.05) is 11.1 Å². The number of benzene rings is 2. The topological polar surface area (TPSA) is 85.1 Å². The first kappa shape index (κ1) is 15.5. The van der Waals surface area contributed by atoms with Gasteiger partial charge >= 0.3 is 0 Å². The van der Waals surface area contributed by atoms with Crippen LogP contribution in [0.15, 0.2) is 52.9 Å². The van der Waals surface area contributed by atoms with Gasteiger partial charge in [-0.3, -0.25) is 9.59 Å². The molecule has 0 saturated heterocycles. The minimum Gasteiger partial charge on any atom is -0.366 e. The number of hydrogen-bond acceptors (Lipinski definition) is 5. The summed E-state index contributed by atoms with van der Waals surface area (Å²) in [7, 11) is 0. The molecule has 3 rings (SSSR count). The van der Waals surface area contributed by atoms with Crippen LogP contribution in [-0.2, 0) is 4.79 Å². The summed E-state index contributed by atoms with van der Waals surface area (Å²) in [5.74, 6) is -0.560. The van der Waals surface area contributed by atoms with Gasteiger partial charge < -0.3 is 11.1 Å². The molecule has 0 aliphatic rings. The summed E-state index contributed by atoms with van der Waals surface area (Å²) >= 11 is 2.92. The zero-order valence-corrected chi connectivity index (χ0v) is 13.6. The van der Waals surface area contributed by atoms with Crippen molar-refractivity contribution in [1.82, 2.24) is 4.98 Å². The third-order valence-electron chi connectivity index (χ3n) is 3.07. The summed E-state index contributed by atoms with van der Waals surface area (Å²) in [5, 5.41) is 2.71. The number of carbonyl (C=O) groups excluding carboxylic acids is 2.